The van der Waals surface area contributed by atoms with Crippen molar-refractivity contribution < 1.29 is 14.3 Å². The maximum atomic E-state index is 13.0. The maximum Gasteiger partial charge on any atom is 0.260 e. The fraction of sp³-hybridized carbons (Fsp3) is 0.294. The van der Waals surface area contributed by atoms with Crippen LogP contribution in [0.1, 0.15) is 17.3 Å². The van der Waals surface area contributed by atoms with Crippen molar-refractivity contribution in [2.75, 3.05) is 35.3 Å². The second-order valence-electron chi connectivity index (χ2n) is 6.17. The molecule has 0 saturated heterocycles. The lowest BCUT2D eigenvalue weighted by atomic mass is 10.1. The monoisotopic (exact) mass is 339 g/mol. The fourth-order valence-corrected chi connectivity index (χ4v) is 3.06. The number of likely N-dealkylation sites (N-methyl/N-ethyl adjacent to an activating group) is 1. The summed E-state index contributed by atoms with van der Waals surface area (Å²) in [7, 11) is 1.79. The molecule has 4 heterocycles. The highest BCUT2D eigenvalue weighted by molar-refractivity contribution is 6.09. The lowest BCUT2D eigenvalue weighted by molar-refractivity contribution is -0.115. The van der Waals surface area contributed by atoms with Crippen molar-refractivity contribution >= 4 is 29.0 Å². The topological polar surface area (TPSA) is 87.7 Å². The van der Waals surface area contributed by atoms with Gasteiger partial charge in [-0.25, -0.2) is 9.97 Å². The van der Waals surface area contributed by atoms with Gasteiger partial charge in [-0.15, -0.1) is 0 Å². The zero-order valence-electron chi connectivity index (χ0n) is 13.9. The molecule has 1 N–H and O–H groups in total. The van der Waals surface area contributed by atoms with E-state index in [0.29, 0.717) is 35.2 Å². The fourth-order valence-electron chi connectivity index (χ4n) is 3.06. The number of hydrogen-bond acceptors (Lipinski definition) is 6. The summed E-state index contributed by atoms with van der Waals surface area (Å²) in [6, 6.07) is 5.22. The number of amides is 2. The van der Waals surface area contributed by atoms with Crippen LogP contribution >= 0.6 is 0 Å². The number of ether oxygens (including phenoxy) is 1. The predicted molar refractivity (Wildman–Crippen MR) is 92.1 cm³/mol. The molecule has 0 fully saturated rings. The first kappa shape index (κ1) is 15.4. The highest BCUT2D eigenvalue weighted by Crippen LogP contribution is 2.33. The number of nitrogens with one attached hydrogen (secondary N) is 1. The number of fused-ring (bicyclic) bond motifs is 2. The summed E-state index contributed by atoms with van der Waals surface area (Å²) >= 11 is 0. The van der Waals surface area contributed by atoms with Gasteiger partial charge in [0.15, 0.2) is 5.82 Å². The van der Waals surface area contributed by atoms with Crippen LogP contribution in [0.5, 0.6) is 5.88 Å². The summed E-state index contributed by atoms with van der Waals surface area (Å²) in [6.07, 6.45) is 3.00. The van der Waals surface area contributed by atoms with Gasteiger partial charge in [-0.05, 0) is 25.1 Å². The molecular weight excluding hydrogens is 322 g/mol. The molecule has 2 aromatic heterocycles. The second-order valence-corrected chi connectivity index (χ2v) is 6.17. The Kier molecular flexibility index (Phi) is 3.52. The summed E-state index contributed by atoms with van der Waals surface area (Å²) < 4.78 is 5.68. The van der Waals surface area contributed by atoms with Gasteiger partial charge in [0.05, 0.1) is 24.3 Å². The molecule has 1 unspecified atom stereocenters. The van der Waals surface area contributed by atoms with Gasteiger partial charge >= 0.3 is 0 Å². The summed E-state index contributed by atoms with van der Waals surface area (Å²) in [5, 5.41) is 2.77. The van der Waals surface area contributed by atoms with Crippen LogP contribution in [0.25, 0.3) is 0 Å². The molecule has 128 valence electrons. The lowest BCUT2D eigenvalue weighted by Gasteiger charge is -2.32. The Balaban J connectivity index is 1.70. The molecule has 0 aliphatic carbocycles. The van der Waals surface area contributed by atoms with Gasteiger partial charge in [-0.2, -0.15) is 0 Å². The molecule has 2 aliphatic heterocycles. The van der Waals surface area contributed by atoms with E-state index in [1.54, 1.807) is 41.2 Å². The Labute approximate surface area is 144 Å². The molecule has 1 atom stereocenters. The molecule has 0 aromatic carbocycles. The highest BCUT2D eigenvalue weighted by atomic mass is 16.5. The number of carbonyl (C=O) groups excluding carboxylic acids is 2. The summed E-state index contributed by atoms with van der Waals surface area (Å²) in [5.74, 6) is 0.750. The standard InChI is InChI=1S/C17H17N5O3/c1-10-8-22(13-4-3-5-18-16(13)25-10)17(24)11-6-12-15(19-7-11)21(2)9-14(23)20-12/h3-7,10H,8-9H2,1-2H3,(H,20,23). The largest absolute Gasteiger partial charge is 0.471 e. The van der Waals surface area contributed by atoms with E-state index in [0.717, 1.165) is 0 Å². The molecule has 2 aromatic rings. The van der Waals surface area contributed by atoms with Crippen LogP contribution in [-0.2, 0) is 4.79 Å². The zero-order valence-corrected chi connectivity index (χ0v) is 13.9. The van der Waals surface area contributed by atoms with Gasteiger partial charge in [0.25, 0.3) is 5.91 Å². The quantitative estimate of drug-likeness (QED) is 0.842. The van der Waals surface area contributed by atoms with Crippen molar-refractivity contribution in [3.05, 3.63) is 36.2 Å². The highest BCUT2D eigenvalue weighted by Gasteiger charge is 2.30. The maximum absolute atomic E-state index is 13.0. The average Bonchev–Trinajstić information content (AvgIpc) is 2.59. The minimum atomic E-state index is -0.206. The normalized spacial score (nSPS) is 18.8. The third kappa shape index (κ3) is 2.65. The van der Waals surface area contributed by atoms with Crippen LogP contribution in [0, 0.1) is 0 Å². The summed E-state index contributed by atoms with van der Waals surface area (Å²) in [5.41, 5.74) is 1.57. The van der Waals surface area contributed by atoms with E-state index in [2.05, 4.69) is 15.3 Å². The van der Waals surface area contributed by atoms with Gasteiger partial charge in [0.1, 0.15) is 11.8 Å². The third-order valence-electron chi connectivity index (χ3n) is 4.17. The van der Waals surface area contributed by atoms with Crippen LogP contribution < -0.4 is 19.9 Å². The van der Waals surface area contributed by atoms with Gasteiger partial charge in [-0.3, -0.25) is 14.5 Å². The molecule has 2 amide bonds. The number of aromatic nitrogens is 2. The molecule has 25 heavy (non-hydrogen) atoms. The number of hydrogen-bond donors (Lipinski definition) is 1. The molecule has 0 saturated carbocycles. The SMILES string of the molecule is CC1CN(C(=O)c2cnc3c(c2)NC(=O)CN3C)c2cccnc2O1. The van der Waals surface area contributed by atoms with Crippen LogP contribution in [0.3, 0.4) is 0 Å². The smallest absolute Gasteiger partial charge is 0.260 e. The number of anilines is 3. The van der Waals surface area contributed by atoms with Crippen molar-refractivity contribution in [3.8, 4) is 5.88 Å². The van der Waals surface area contributed by atoms with E-state index in [9.17, 15) is 9.59 Å². The van der Waals surface area contributed by atoms with E-state index in [-0.39, 0.29) is 24.5 Å². The Bertz CT molecular complexity index is 869. The molecule has 0 spiro atoms. The van der Waals surface area contributed by atoms with E-state index in [1.807, 2.05) is 6.92 Å². The van der Waals surface area contributed by atoms with Crippen molar-refractivity contribution in [1.82, 2.24) is 9.97 Å². The van der Waals surface area contributed by atoms with Crippen molar-refractivity contribution in [2.45, 2.75) is 13.0 Å². The molecule has 8 nitrogen and oxygen atoms in total. The summed E-state index contributed by atoms with van der Waals surface area (Å²) in [4.78, 5) is 36.7. The number of carbonyl (C=O) groups is 2. The van der Waals surface area contributed by atoms with Crippen molar-refractivity contribution in [1.29, 1.82) is 0 Å². The van der Waals surface area contributed by atoms with Crippen molar-refractivity contribution in [2.24, 2.45) is 0 Å². The van der Waals surface area contributed by atoms with Crippen molar-refractivity contribution in [3.63, 3.8) is 0 Å². The van der Waals surface area contributed by atoms with Gasteiger partial charge in [0, 0.05) is 19.4 Å². The predicted octanol–water partition coefficient (Wildman–Crippen LogP) is 1.29. The molecule has 0 bridgehead atoms. The molecule has 0 radical (unpaired) electrons. The van der Waals surface area contributed by atoms with Crippen LogP contribution in [0.2, 0.25) is 0 Å². The third-order valence-corrected chi connectivity index (χ3v) is 4.17. The Morgan fingerprint density at radius 2 is 2.24 bits per heavy atom. The molecule has 4 rings (SSSR count). The number of nitrogens with zero attached hydrogens (tertiary/aromatic N) is 4. The second kappa shape index (κ2) is 5.73. The first-order valence-corrected chi connectivity index (χ1v) is 7.97. The van der Waals surface area contributed by atoms with Gasteiger partial charge < -0.3 is 15.0 Å². The van der Waals surface area contributed by atoms with Crippen LogP contribution in [0.15, 0.2) is 30.6 Å². The van der Waals surface area contributed by atoms with E-state index < -0.39 is 0 Å². The minimum absolute atomic E-state index is 0.129. The molecular formula is C17H17N5O3. The number of pyridine rings is 2. The first-order chi connectivity index (χ1) is 12.0. The Morgan fingerprint density at radius 3 is 3.08 bits per heavy atom. The average molecular weight is 339 g/mol. The minimum Gasteiger partial charge on any atom is -0.471 e. The van der Waals surface area contributed by atoms with Crippen LogP contribution in [-0.4, -0.2) is 48.0 Å². The van der Waals surface area contributed by atoms with E-state index >= 15 is 0 Å². The first-order valence-electron chi connectivity index (χ1n) is 7.97. The zero-order chi connectivity index (χ0) is 17.6. The molecule has 2 aliphatic rings. The Morgan fingerprint density at radius 1 is 1.40 bits per heavy atom. The molecule has 8 heteroatoms. The lowest BCUT2D eigenvalue weighted by Crippen LogP contribution is -2.43. The van der Waals surface area contributed by atoms with E-state index in [1.165, 1.54) is 6.20 Å². The Hall–Kier alpha value is -3.16. The van der Waals surface area contributed by atoms with Gasteiger partial charge in [-0.1, -0.05) is 0 Å². The van der Waals surface area contributed by atoms with Crippen LogP contribution in [0.4, 0.5) is 17.2 Å². The van der Waals surface area contributed by atoms with E-state index in [4.69, 9.17) is 4.74 Å². The van der Waals surface area contributed by atoms with Gasteiger partial charge in [0.2, 0.25) is 11.8 Å². The number of rotatable bonds is 1. The summed E-state index contributed by atoms with van der Waals surface area (Å²) in [6.45, 7) is 2.55.